The van der Waals surface area contributed by atoms with Gasteiger partial charge < -0.3 is 10.1 Å². The second kappa shape index (κ2) is 8.77. The zero-order chi connectivity index (χ0) is 21.3. The number of amides is 1. The van der Waals surface area contributed by atoms with Crippen molar-refractivity contribution >= 4 is 55.8 Å². The summed E-state index contributed by atoms with van der Waals surface area (Å²) < 4.78 is 21.5. The highest BCUT2D eigenvalue weighted by Gasteiger charge is 2.35. The van der Waals surface area contributed by atoms with Gasteiger partial charge in [0, 0.05) is 25.0 Å². The minimum atomic E-state index is -0.562. The van der Waals surface area contributed by atoms with Gasteiger partial charge in [-0.05, 0) is 77.2 Å². The average molecular weight is 579 g/mol. The van der Waals surface area contributed by atoms with Crippen LogP contribution in [0.15, 0.2) is 77.8 Å². The summed E-state index contributed by atoms with van der Waals surface area (Å²) in [5.41, 5.74) is 2.52. The summed E-state index contributed by atoms with van der Waals surface area (Å²) in [6.07, 6.45) is 1.11. The van der Waals surface area contributed by atoms with Gasteiger partial charge in [-0.2, -0.15) is 0 Å². The first kappa shape index (κ1) is 20.9. The van der Waals surface area contributed by atoms with E-state index in [-0.39, 0.29) is 5.91 Å². The smallest absolute Gasteiger partial charge is 0.262 e. The first-order chi connectivity index (χ1) is 14.5. The van der Waals surface area contributed by atoms with E-state index < -0.39 is 12.0 Å². The number of ether oxygens (including phenoxy) is 1. The first-order valence-corrected chi connectivity index (χ1v) is 11.0. The van der Waals surface area contributed by atoms with Crippen molar-refractivity contribution in [2.24, 2.45) is 0 Å². The van der Waals surface area contributed by atoms with Crippen molar-refractivity contribution in [3.63, 3.8) is 0 Å². The predicted octanol–water partition coefficient (Wildman–Crippen LogP) is 6.53. The van der Waals surface area contributed by atoms with Crippen molar-refractivity contribution in [1.29, 1.82) is 0 Å². The third-order valence-corrected chi connectivity index (χ3v) is 6.09. The second-order valence-electron chi connectivity index (χ2n) is 6.67. The van der Waals surface area contributed by atoms with E-state index in [0.29, 0.717) is 23.6 Å². The Morgan fingerprint density at radius 1 is 1.20 bits per heavy atom. The molecule has 0 saturated carbocycles. The Labute approximate surface area is 196 Å². The SMILES string of the molecule is C=CCOc1ccc(Br)c([C@H]2Nc3ccc(I)cc3C(=O)N2c2cccc(F)c2)c1. The van der Waals surface area contributed by atoms with E-state index in [1.165, 1.54) is 12.1 Å². The molecule has 30 heavy (non-hydrogen) atoms. The fourth-order valence-electron chi connectivity index (χ4n) is 3.36. The summed E-state index contributed by atoms with van der Waals surface area (Å²) in [5.74, 6) is 0.0340. The maximum absolute atomic E-state index is 14.0. The quantitative estimate of drug-likeness (QED) is 0.276. The van der Waals surface area contributed by atoms with E-state index >= 15 is 0 Å². The fraction of sp³-hybridized carbons (Fsp3) is 0.0870. The Hall–Kier alpha value is -2.39. The number of benzene rings is 3. The van der Waals surface area contributed by atoms with Gasteiger partial charge in [0.25, 0.3) is 5.91 Å². The molecule has 1 heterocycles. The molecule has 0 fully saturated rings. The van der Waals surface area contributed by atoms with Crippen LogP contribution >= 0.6 is 38.5 Å². The average Bonchev–Trinajstić information content (AvgIpc) is 2.73. The van der Waals surface area contributed by atoms with Crippen molar-refractivity contribution in [1.82, 2.24) is 0 Å². The molecule has 1 N–H and O–H groups in total. The molecule has 1 aliphatic rings. The molecule has 0 unspecified atom stereocenters. The Morgan fingerprint density at radius 2 is 2.03 bits per heavy atom. The van der Waals surface area contributed by atoms with Gasteiger partial charge in [0.15, 0.2) is 0 Å². The molecule has 0 spiro atoms. The molecule has 0 bridgehead atoms. The summed E-state index contributed by atoms with van der Waals surface area (Å²) in [6.45, 7) is 4.04. The molecule has 4 rings (SSSR count). The molecular formula is C23H17BrFIN2O2. The maximum atomic E-state index is 14.0. The molecule has 152 valence electrons. The van der Waals surface area contributed by atoms with Crippen LogP contribution < -0.4 is 15.0 Å². The second-order valence-corrected chi connectivity index (χ2v) is 8.77. The normalized spacial score (nSPS) is 15.4. The number of nitrogens with zero attached hydrogens (tertiary/aromatic N) is 1. The van der Waals surface area contributed by atoms with Gasteiger partial charge in [0.2, 0.25) is 0 Å². The molecule has 0 radical (unpaired) electrons. The van der Waals surface area contributed by atoms with Crippen molar-refractivity contribution in [2.75, 3.05) is 16.8 Å². The van der Waals surface area contributed by atoms with Gasteiger partial charge in [0.05, 0.1) is 5.56 Å². The molecule has 1 aliphatic heterocycles. The number of nitrogens with one attached hydrogen (secondary N) is 1. The Morgan fingerprint density at radius 3 is 2.80 bits per heavy atom. The summed E-state index contributed by atoms with van der Waals surface area (Å²) in [7, 11) is 0. The lowest BCUT2D eigenvalue weighted by atomic mass is 10.0. The fourth-order valence-corrected chi connectivity index (χ4v) is 4.32. The van der Waals surface area contributed by atoms with Gasteiger partial charge >= 0.3 is 0 Å². The van der Waals surface area contributed by atoms with Crippen LogP contribution in [-0.4, -0.2) is 12.5 Å². The van der Waals surface area contributed by atoms with E-state index in [1.807, 2.05) is 36.4 Å². The molecule has 4 nitrogen and oxygen atoms in total. The predicted molar refractivity (Wildman–Crippen MR) is 129 cm³/mol. The minimum absolute atomic E-state index is 0.206. The van der Waals surface area contributed by atoms with Gasteiger partial charge in [0.1, 0.15) is 24.3 Å². The molecule has 7 heteroatoms. The number of halogens is 3. The van der Waals surface area contributed by atoms with Crippen LogP contribution in [0.25, 0.3) is 0 Å². The van der Waals surface area contributed by atoms with E-state index in [2.05, 4.69) is 50.4 Å². The summed E-state index contributed by atoms with van der Waals surface area (Å²) in [4.78, 5) is 15.1. The zero-order valence-corrected chi connectivity index (χ0v) is 19.5. The molecule has 1 amide bonds. The van der Waals surface area contributed by atoms with Gasteiger partial charge in [-0.15, -0.1) is 0 Å². The van der Waals surface area contributed by atoms with E-state index in [4.69, 9.17) is 4.74 Å². The van der Waals surface area contributed by atoms with Crippen LogP contribution in [0.2, 0.25) is 0 Å². The number of carbonyl (C=O) groups is 1. The van der Waals surface area contributed by atoms with Crippen molar-refractivity contribution in [3.8, 4) is 5.75 Å². The lowest BCUT2D eigenvalue weighted by Crippen LogP contribution is -2.43. The maximum Gasteiger partial charge on any atom is 0.262 e. The zero-order valence-electron chi connectivity index (χ0n) is 15.7. The molecule has 0 aromatic heterocycles. The van der Waals surface area contributed by atoms with Crippen LogP contribution in [0, 0.1) is 9.39 Å². The highest BCUT2D eigenvalue weighted by Crippen LogP contribution is 2.40. The van der Waals surface area contributed by atoms with E-state index in [1.54, 1.807) is 23.1 Å². The highest BCUT2D eigenvalue weighted by atomic mass is 127. The third-order valence-electron chi connectivity index (χ3n) is 4.70. The standard InChI is InChI=1S/C23H17BrFIN2O2/c1-2-10-30-17-7-8-20(24)18(13-17)22-27-21-9-6-15(26)12-19(21)23(29)28(22)16-5-3-4-14(25)11-16/h2-9,11-13,22,27H,1,10H2/t22-/m0/s1. The van der Waals surface area contributed by atoms with Gasteiger partial charge in [-0.3, -0.25) is 9.69 Å². The van der Waals surface area contributed by atoms with Crippen LogP contribution in [-0.2, 0) is 0 Å². The Kier molecular flexibility index (Phi) is 6.10. The van der Waals surface area contributed by atoms with Crippen molar-refractivity contribution in [2.45, 2.75) is 6.17 Å². The van der Waals surface area contributed by atoms with Gasteiger partial charge in [-0.25, -0.2) is 4.39 Å². The lowest BCUT2D eigenvalue weighted by molar-refractivity contribution is 0.0974. The van der Waals surface area contributed by atoms with Crippen LogP contribution in [0.3, 0.4) is 0 Å². The van der Waals surface area contributed by atoms with Crippen LogP contribution in [0.5, 0.6) is 5.75 Å². The topological polar surface area (TPSA) is 41.6 Å². The Bertz CT molecular complexity index is 1140. The molecule has 3 aromatic carbocycles. The summed E-state index contributed by atoms with van der Waals surface area (Å²) >= 11 is 5.76. The minimum Gasteiger partial charge on any atom is -0.490 e. The summed E-state index contributed by atoms with van der Waals surface area (Å²) in [5, 5.41) is 3.44. The third kappa shape index (κ3) is 4.09. The van der Waals surface area contributed by atoms with E-state index in [9.17, 15) is 9.18 Å². The number of hydrogen-bond donors (Lipinski definition) is 1. The molecule has 0 saturated heterocycles. The molecule has 0 aliphatic carbocycles. The van der Waals surface area contributed by atoms with Crippen molar-refractivity contribution < 1.29 is 13.9 Å². The largest absolute Gasteiger partial charge is 0.490 e. The Balaban J connectivity index is 1.86. The monoisotopic (exact) mass is 578 g/mol. The molecule has 1 atom stereocenters. The lowest BCUT2D eigenvalue weighted by Gasteiger charge is -2.38. The number of fused-ring (bicyclic) bond motifs is 1. The number of rotatable bonds is 5. The summed E-state index contributed by atoms with van der Waals surface area (Å²) in [6, 6.07) is 17.3. The van der Waals surface area contributed by atoms with Crippen LogP contribution in [0.4, 0.5) is 15.8 Å². The van der Waals surface area contributed by atoms with E-state index in [0.717, 1.165) is 19.3 Å². The highest BCUT2D eigenvalue weighted by molar-refractivity contribution is 14.1. The van der Waals surface area contributed by atoms with Crippen LogP contribution in [0.1, 0.15) is 22.1 Å². The molecule has 3 aromatic rings. The van der Waals surface area contributed by atoms with Gasteiger partial charge in [-0.1, -0.05) is 34.7 Å². The first-order valence-electron chi connectivity index (χ1n) is 9.16. The number of hydrogen-bond acceptors (Lipinski definition) is 3. The number of anilines is 2. The molecular weight excluding hydrogens is 562 g/mol. The van der Waals surface area contributed by atoms with Crippen molar-refractivity contribution in [3.05, 3.63) is 98.3 Å². The number of carbonyl (C=O) groups excluding carboxylic acids is 1.